The summed E-state index contributed by atoms with van der Waals surface area (Å²) >= 11 is 0. The first-order valence-electron chi connectivity index (χ1n) is 6.71. The van der Waals surface area contributed by atoms with E-state index in [0.717, 1.165) is 25.7 Å². The highest BCUT2D eigenvalue weighted by Crippen LogP contribution is 2.45. The van der Waals surface area contributed by atoms with Gasteiger partial charge < -0.3 is 0 Å². The van der Waals surface area contributed by atoms with Gasteiger partial charge in [-0.25, -0.2) is 0 Å². The normalized spacial score (nSPS) is 14.9. The lowest BCUT2D eigenvalue weighted by Gasteiger charge is -2.42. The molecule has 0 heterocycles. The molecule has 0 fully saturated rings. The Bertz CT molecular complexity index is 225. The first kappa shape index (κ1) is 15.9. The van der Waals surface area contributed by atoms with E-state index in [2.05, 4.69) is 47.7 Å². The van der Waals surface area contributed by atoms with Crippen LogP contribution in [0.25, 0.3) is 0 Å². The zero-order chi connectivity index (χ0) is 13.0. The first-order chi connectivity index (χ1) is 7.18. The molecule has 0 spiro atoms. The Labute approximate surface area is 103 Å². The number of unbranched alkanes of at least 4 members (excludes halogenated alkanes) is 1. The fourth-order valence-corrected chi connectivity index (χ4v) is 5.20. The van der Waals surface area contributed by atoms with Crippen LogP contribution in [0, 0.1) is 0 Å². The summed E-state index contributed by atoms with van der Waals surface area (Å²) in [4.78, 5) is 12.3. The minimum Gasteiger partial charge on any atom is -0.300 e. The molecule has 96 valence electrons. The van der Waals surface area contributed by atoms with E-state index >= 15 is 0 Å². The minimum atomic E-state index is -1.50. The Hall–Kier alpha value is -0.113. The topological polar surface area (TPSA) is 17.1 Å². The smallest absolute Gasteiger partial charge is 0.133 e. The number of carbonyl (C=O) groups is 1. The van der Waals surface area contributed by atoms with Gasteiger partial charge in [0.05, 0.1) is 8.07 Å². The van der Waals surface area contributed by atoms with Crippen LogP contribution >= 0.6 is 0 Å². The standard InChI is InChI=1S/C14H30OSi/c1-8-10-11-12(15)13(9-2)16(6,7)14(3,4)5/h13H,8-11H2,1-7H3/t13-/m0/s1. The molecule has 0 saturated heterocycles. The monoisotopic (exact) mass is 242 g/mol. The second-order valence-electron chi connectivity index (χ2n) is 6.50. The van der Waals surface area contributed by atoms with E-state index in [1.54, 1.807) is 0 Å². The third-order valence-electron chi connectivity index (χ3n) is 4.38. The molecule has 2 heteroatoms. The van der Waals surface area contributed by atoms with Crippen LogP contribution in [0.3, 0.4) is 0 Å². The molecule has 1 nitrogen and oxygen atoms in total. The molecular formula is C14H30OSi. The highest BCUT2D eigenvalue weighted by molar-refractivity contribution is 6.84. The summed E-state index contributed by atoms with van der Waals surface area (Å²) in [5.41, 5.74) is 0.346. The maximum absolute atomic E-state index is 12.3. The summed E-state index contributed by atoms with van der Waals surface area (Å²) in [6.45, 7) is 16.0. The van der Waals surface area contributed by atoms with Crippen molar-refractivity contribution in [3.05, 3.63) is 0 Å². The predicted octanol–water partition coefficient (Wildman–Crippen LogP) is 5.03. The van der Waals surface area contributed by atoms with Gasteiger partial charge in [-0.2, -0.15) is 0 Å². The van der Waals surface area contributed by atoms with Crippen LogP contribution in [0.5, 0.6) is 0 Å². The molecule has 0 aliphatic carbocycles. The Morgan fingerprint density at radius 2 is 1.69 bits per heavy atom. The Morgan fingerprint density at radius 3 is 2.00 bits per heavy atom. The Balaban J connectivity index is 4.78. The van der Waals surface area contributed by atoms with Crippen LogP contribution in [-0.4, -0.2) is 13.9 Å². The van der Waals surface area contributed by atoms with Gasteiger partial charge in [-0.1, -0.05) is 54.1 Å². The summed E-state index contributed by atoms with van der Waals surface area (Å²) in [5, 5.41) is 0.315. The van der Waals surface area contributed by atoms with Gasteiger partial charge in [-0.15, -0.1) is 0 Å². The van der Waals surface area contributed by atoms with Crippen molar-refractivity contribution >= 4 is 13.9 Å². The minimum absolute atomic E-state index is 0.315. The van der Waals surface area contributed by atoms with Crippen LogP contribution in [0.15, 0.2) is 0 Å². The van der Waals surface area contributed by atoms with Crippen LogP contribution < -0.4 is 0 Å². The highest BCUT2D eigenvalue weighted by Gasteiger charge is 2.43. The van der Waals surface area contributed by atoms with Crippen LogP contribution in [0.1, 0.15) is 60.3 Å². The largest absolute Gasteiger partial charge is 0.300 e. The van der Waals surface area contributed by atoms with Crippen molar-refractivity contribution in [1.29, 1.82) is 0 Å². The predicted molar refractivity (Wildman–Crippen MR) is 75.8 cm³/mol. The van der Waals surface area contributed by atoms with Gasteiger partial charge in [0.15, 0.2) is 0 Å². The fraction of sp³-hybridized carbons (Fsp3) is 0.929. The van der Waals surface area contributed by atoms with Crippen molar-refractivity contribution in [2.45, 2.75) is 84.0 Å². The summed E-state index contributed by atoms with van der Waals surface area (Å²) in [7, 11) is -1.50. The quantitative estimate of drug-likeness (QED) is 0.597. The first-order valence-corrected chi connectivity index (χ1v) is 9.78. The van der Waals surface area contributed by atoms with Gasteiger partial charge in [0.1, 0.15) is 5.78 Å². The van der Waals surface area contributed by atoms with E-state index in [1.165, 1.54) is 0 Å². The number of rotatable bonds is 6. The van der Waals surface area contributed by atoms with Gasteiger partial charge in [0.2, 0.25) is 0 Å². The van der Waals surface area contributed by atoms with Crippen LogP contribution in [0.2, 0.25) is 23.7 Å². The van der Waals surface area contributed by atoms with Crippen LogP contribution in [-0.2, 0) is 4.79 Å². The van der Waals surface area contributed by atoms with E-state index in [1.807, 2.05) is 0 Å². The lowest BCUT2D eigenvalue weighted by atomic mass is 10.1. The van der Waals surface area contributed by atoms with Gasteiger partial charge in [-0.3, -0.25) is 4.79 Å². The number of hydrogen-bond acceptors (Lipinski definition) is 1. The van der Waals surface area contributed by atoms with E-state index in [-0.39, 0.29) is 0 Å². The van der Waals surface area contributed by atoms with Crippen molar-refractivity contribution in [1.82, 2.24) is 0 Å². The van der Waals surface area contributed by atoms with Crippen molar-refractivity contribution in [2.24, 2.45) is 0 Å². The van der Waals surface area contributed by atoms with Crippen molar-refractivity contribution in [3.8, 4) is 0 Å². The van der Waals surface area contributed by atoms with E-state index in [9.17, 15) is 4.79 Å². The molecule has 0 aromatic rings. The summed E-state index contributed by atoms with van der Waals surface area (Å²) in [6.07, 6.45) is 4.00. The van der Waals surface area contributed by atoms with Crippen molar-refractivity contribution in [2.75, 3.05) is 0 Å². The molecule has 0 N–H and O–H groups in total. The molecule has 0 unspecified atom stereocenters. The molecular weight excluding hydrogens is 212 g/mol. The third kappa shape index (κ3) is 3.72. The van der Waals surface area contributed by atoms with Crippen molar-refractivity contribution in [3.63, 3.8) is 0 Å². The zero-order valence-corrected chi connectivity index (χ0v) is 13.3. The second kappa shape index (κ2) is 5.99. The maximum Gasteiger partial charge on any atom is 0.133 e. The third-order valence-corrected chi connectivity index (χ3v) is 10.7. The average molecular weight is 242 g/mol. The van der Waals surface area contributed by atoms with E-state index < -0.39 is 8.07 Å². The molecule has 1 atom stereocenters. The van der Waals surface area contributed by atoms with Crippen molar-refractivity contribution < 1.29 is 4.79 Å². The van der Waals surface area contributed by atoms with Gasteiger partial charge in [0.25, 0.3) is 0 Å². The van der Waals surface area contributed by atoms with E-state index in [4.69, 9.17) is 0 Å². The SMILES string of the molecule is CCCCC(=O)[C@H](CC)[Si](C)(C)C(C)(C)C. The molecule has 0 aliphatic rings. The molecule has 16 heavy (non-hydrogen) atoms. The number of Topliss-reactive ketones (excluding diaryl/α,β-unsaturated/α-hetero) is 1. The molecule has 0 amide bonds. The molecule has 0 aromatic carbocycles. The number of ketones is 1. The molecule has 0 bridgehead atoms. The van der Waals surface area contributed by atoms with Gasteiger partial charge in [0, 0.05) is 12.0 Å². The molecule has 0 aromatic heterocycles. The number of hydrogen-bond donors (Lipinski definition) is 0. The highest BCUT2D eigenvalue weighted by atomic mass is 28.3. The van der Waals surface area contributed by atoms with Crippen LogP contribution in [0.4, 0.5) is 0 Å². The lowest BCUT2D eigenvalue weighted by Crippen LogP contribution is -2.45. The molecule has 0 radical (unpaired) electrons. The lowest BCUT2D eigenvalue weighted by molar-refractivity contribution is -0.119. The average Bonchev–Trinajstić information content (AvgIpc) is 2.13. The molecule has 0 rings (SSSR count). The zero-order valence-electron chi connectivity index (χ0n) is 12.3. The van der Waals surface area contributed by atoms with Gasteiger partial charge in [-0.05, 0) is 17.9 Å². The Morgan fingerprint density at radius 1 is 1.19 bits per heavy atom. The molecule has 0 aliphatic heterocycles. The van der Waals surface area contributed by atoms with Gasteiger partial charge >= 0.3 is 0 Å². The summed E-state index contributed by atoms with van der Waals surface area (Å²) < 4.78 is 0. The summed E-state index contributed by atoms with van der Waals surface area (Å²) in [5.74, 6) is 0.524. The molecule has 0 saturated carbocycles. The fourth-order valence-electron chi connectivity index (χ4n) is 2.19. The Kier molecular flexibility index (Phi) is 5.95. The van der Waals surface area contributed by atoms with E-state index in [0.29, 0.717) is 16.4 Å². The summed E-state index contributed by atoms with van der Waals surface area (Å²) in [6, 6.07) is 0. The maximum atomic E-state index is 12.3. The second-order valence-corrected chi connectivity index (χ2v) is 12.1. The number of carbonyl (C=O) groups excluding carboxylic acids is 1.